The molecule has 0 amide bonds. The molecule has 0 spiro atoms. The molecule has 0 bridgehead atoms. The van der Waals surface area contributed by atoms with Crippen molar-refractivity contribution in [1.29, 1.82) is 0 Å². The fourth-order valence-electron chi connectivity index (χ4n) is 8.82. The molecule has 8 aromatic carbocycles. The van der Waals surface area contributed by atoms with Gasteiger partial charge in [0.05, 0.1) is 0 Å². The van der Waals surface area contributed by atoms with Crippen LogP contribution >= 0.6 is 0 Å². The van der Waals surface area contributed by atoms with E-state index < -0.39 is 5.75 Å². The van der Waals surface area contributed by atoms with Gasteiger partial charge in [-0.3, -0.25) is 0 Å². The highest BCUT2D eigenvalue weighted by Gasteiger charge is 2.35. The summed E-state index contributed by atoms with van der Waals surface area (Å²) in [6.45, 7) is 11.0. The van der Waals surface area contributed by atoms with Crippen LogP contribution in [0.4, 0.5) is 0 Å². The van der Waals surface area contributed by atoms with Crippen molar-refractivity contribution in [2.45, 2.75) is 48.1 Å². The molecule has 0 saturated carbocycles. The standard InChI is InChI=1S/C47H38O6/c1-21-22(2)36-38(33-16-10-14-31-30(13-9-15-32(31)33)29-18-17-27-11-7-8-12-28(27)19-29)37-25(5)45(51)46(52)47-41(37)39(40(36)44(50)23(21)3)35-24(4)42(48)26(6)43(49)34(35)20-53-47/h7-19,48-52H,20H2,1-6H3. The summed E-state index contributed by atoms with van der Waals surface area (Å²) in [5.74, 6) is -0.832. The average Bonchev–Trinajstić information content (AvgIpc) is 3.35. The Labute approximate surface area is 306 Å². The van der Waals surface area contributed by atoms with Gasteiger partial charge in [-0.15, -0.1) is 0 Å². The Morgan fingerprint density at radius 3 is 1.83 bits per heavy atom. The minimum Gasteiger partial charge on any atom is -0.507 e. The number of phenolic OH excluding ortho intramolecular Hbond substituents is 5. The monoisotopic (exact) mass is 698 g/mol. The number of hydrogen-bond acceptors (Lipinski definition) is 6. The zero-order valence-electron chi connectivity index (χ0n) is 30.4. The van der Waals surface area contributed by atoms with Crippen molar-refractivity contribution in [1.82, 2.24) is 0 Å². The SMILES string of the molecule is Cc1c(O)c(C)c2c(c1O)COc1c(O)c(O)c(C)c3c(-c4cccc5c(-c6ccc7ccccc7c6)cccc45)c4c(C)c(C)c(C)c(O)c4c-2c13. The van der Waals surface area contributed by atoms with Crippen LogP contribution < -0.4 is 4.74 Å². The van der Waals surface area contributed by atoms with Gasteiger partial charge in [0.1, 0.15) is 23.9 Å². The van der Waals surface area contributed by atoms with Gasteiger partial charge in [0, 0.05) is 44.0 Å². The summed E-state index contributed by atoms with van der Waals surface area (Å²) in [6, 6.07) is 27.3. The van der Waals surface area contributed by atoms with Crippen molar-refractivity contribution in [2.24, 2.45) is 0 Å². The molecule has 1 aliphatic heterocycles. The summed E-state index contributed by atoms with van der Waals surface area (Å²) in [5, 5.41) is 65.1. The first-order chi connectivity index (χ1) is 25.4. The number of benzene rings is 8. The summed E-state index contributed by atoms with van der Waals surface area (Å²) < 4.78 is 6.37. The van der Waals surface area contributed by atoms with Crippen LogP contribution in [0.3, 0.4) is 0 Å². The molecular formula is C47H38O6. The van der Waals surface area contributed by atoms with Crippen LogP contribution in [0, 0.1) is 41.5 Å². The van der Waals surface area contributed by atoms with Gasteiger partial charge < -0.3 is 30.3 Å². The molecule has 0 unspecified atom stereocenters. The van der Waals surface area contributed by atoms with Crippen molar-refractivity contribution in [3.05, 3.63) is 118 Å². The second-order valence-electron chi connectivity index (χ2n) is 14.5. The fraction of sp³-hybridized carbons (Fsp3) is 0.149. The number of fused-ring (bicyclic) bond motifs is 6. The van der Waals surface area contributed by atoms with Gasteiger partial charge in [-0.2, -0.15) is 0 Å². The molecule has 0 atom stereocenters. The minimum atomic E-state index is -0.427. The lowest BCUT2D eigenvalue weighted by atomic mass is 9.77. The van der Waals surface area contributed by atoms with Crippen LogP contribution in [-0.4, -0.2) is 25.5 Å². The molecule has 6 heteroatoms. The molecule has 0 radical (unpaired) electrons. The molecule has 0 saturated heterocycles. The largest absolute Gasteiger partial charge is 0.507 e. The average molecular weight is 699 g/mol. The Morgan fingerprint density at radius 1 is 0.434 bits per heavy atom. The lowest BCUT2D eigenvalue weighted by Gasteiger charge is -2.26. The van der Waals surface area contributed by atoms with Gasteiger partial charge in [0.2, 0.25) is 5.75 Å². The number of aromatic hydroxyl groups is 5. The summed E-state index contributed by atoms with van der Waals surface area (Å²) in [6.07, 6.45) is 0. The maximum Gasteiger partial charge on any atom is 0.201 e. The van der Waals surface area contributed by atoms with E-state index in [2.05, 4.69) is 60.7 Å². The highest BCUT2D eigenvalue weighted by molar-refractivity contribution is 6.29. The Balaban J connectivity index is 1.53. The van der Waals surface area contributed by atoms with E-state index in [4.69, 9.17) is 4.74 Å². The lowest BCUT2D eigenvalue weighted by molar-refractivity contribution is 0.282. The maximum atomic E-state index is 12.3. The molecule has 0 aromatic heterocycles. The molecule has 262 valence electrons. The van der Waals surface area contributed by atoms with Crippen molar-refractivity contribution in [3.8, 4) is 67.9 Å². The molecule has 1 heterocycles. The molecule has 9 rings (SSSR count). The van der Waals surface area contributed by atoms with Gasteiger partial charge in [-0.25, -0.2) is 0 Å². The van der Waals surface area contributed by atoms with Gasteiger partial charge in [0.25, 0.3) is 0 Å². The van der Waals surface area contributed by atoms with Gasteiger partial charge in [-0.1, -0.05) is 72.8 Å². The lowest BCUT2D eigenvalue weighted by Crippen LogP contribution is -2.01. The van der Waals surface area contributed by atoms with E-state index in [0.29, 0.717) is 55.1 Å². The van der Waals surface area contributed by atoms with Crippen LogP contribution in [0.1, 0.15) is 38.9 Å². The summed E-state index contributed by atoms with van der Waals surface area (Å²) in [5.41, 5.74) is 9.04. The van der Waals surface area contributed by atoms with Gasteiger partial charge in [-0.05, 0) is 119 Å². The Morgan fingerprint density at radius 2 is 1.09 bits per heavy atom. The first-order valence-electron chi connectivity index (χ1n) is 17.8. The van der Waals surface area contributed by atoms with Crippen LogP contribution in [-0.2, 0) is 6.61 Å². The molecule has 0 aliphatic carbocycles. The van der Waals surface area contributed by atoms with Crippen LogP contribution in [0.5, 0.6) is 34.5 Å². The molecular weight excluding hydrogens is 661 g/mol. The number of rotatable bonds is 2. The molecule has 53 heavy (non-hydrogen) atoms. The third-order valence-electron chi connectivity index (χ3n) is 11.9. The van der Waals surface area contributed by atoms with Crippen molar-refractivity contribution in [2.75, 3.05) is 0 Å². The number of hydrogen-bond donors (Lipinski definition) is 5. The summed E-state index contributed by atoms with van der Waals surface area (Å²) in [7, 11) is 0. The minimum absolute atomic E-state index is 0.0424. The van der Waals surface area contributed by atoms with E-state index in [-0.39, 0.29) is 35.4 Å². The quantitative estimate of drug-likeness (QED) is 0.0908. The molecule has 6 nitrogen and oxygen atoms in total. The van der Waals surface area contributed by atoms with E-state index in [1.165, 1.54) is 5.39 Å². The van der Waals surface area contributed by atoms with E-state index >= 15 is 0 Å². The highest BCUT2D eigenvalue weighted by atomic mass is 16.5. The van der Waals surface area contributed by atoms with Crippen LogP contribution in [0.2, 0.25) is 0 Å². The maximum absolute atomic E-state index is 12.3. The first kappa shape index (κ1) is 32.5. The zero-order valence-corrected chi connectivity index (χ0v) is 30.4. The third kappa shape index (κ3) is 4.26. The highest BCUT2D eigenvalue weighted by Crippen LogP contribution is 2.60. The summed E-state index contributed by atoms with van der Waals surface area (Å²) in [4.78, 5) is 0. The van der Waals surface area contributed by atoms with E-state index in [9.17, 15) is 25.5 Å². The number of aryl methyl sites for hydroxylation is 2. The second-order valence-corrected chi connectivity index (χ2v) is 14.5. The van der Waals surface area contributed by atoms with Crippen LogP contribution in [0.25, 0.3) is 76.5 Å². The van der Waals surface area contributed by atoms with Gasteiger partial charge in [0.15, 0.2) is 11.5 Å². The van der Waals surface area contributed by atoms with Crippen molar-refractivity contribution in [3.63, 3.8) is 0 Å². The van der Waals surface area contributed by atoms with Crippen molar-refractivity contribution < 1.29 is 30.3 Å². The smallest absolute Gasteiger partial charge is 0.201 e. The van der Waals surface area contributed by atoms with Gasteiger partial charge >= 0.3 is 0 Å². The van der Waals surface area contributed by atoms with Crippen LogP contribution in [0.15, 0.2) is 78.9 Å². The Bertz CT molecular complexity index is 2950. The molecule has 8 aromatic rings. The Kier molecular flexibility index (Phi) is 6.93. The number of phenols is 5. The predicted molar refractivity (Wildman–Crippen MR) is 214 cm³/mol. The zero-order chi connectivity index (χ0) is 37.2. The topological polar surface area (TPSA) is 110 Å². The third-order valence-corrected chi connectivity index (χ3v) is 11.9. The molecule has 1 aliphatic rings. The summed E-state index contributed by atoms with van der Waals surface area (Å²) >= 11 is 0. The fourth-order valence-corrected chi connectivity index (χ4v) is 8.82. The van der Waals surface area contributed by atoms with E-state index in [0.717, 1.165) is 54.9 Å². The normalized spacial score (nSPS) is 12.4. The van der Waals surface area contributed by atoms with E-state index in [1.807, 2.05) is 39.0 Å². The number of ether oxygens (including phenoxy) is 1. The molecule has 0 fully saturated rings. The molecule has 5 N–H and O–H groups in total. The predicted octanol–water partition coefficient (Wildman–Crippen LogP) is 11.6. The first-order valence-corrected chi connectivity index (χ1v) is 17.8. The van der Waals surface area contributed by atoms with Crippen molar-refractivity contribution >= 4 is 43.1 Å². The van der Waals surface area contributed by atoms with E-state index in [1.54, 1.807) is 20.8 Å². The second kappa shape index (κ2) is 11.3. The Hall–Kier alpha value is -6.40.